The van der Waals surface area contributed by atoms with Crippen LogP contribution in [0.1, 0.15) is 20.3 Å². The number of carboxylic acids is 2. The summed E-state index contributed by atoms with van der Waals surface area (Å²) in [5, 5.41) is 24.6. The molecule has 0 fully saturated rings. The summed E-state index contributed by atoms with van der Waals surface area (Å²) in [6.07, 6.45) is -0.186. The molecule has 0 aliphatic heterocycles. The van der Waals surface area contributed by atoms with Gasteiger partial charge in [-0.05, 0) is 13.8 Å². The third-order valence-corrected chi connectivity index (χ3v) is 1.61. The predicted molar refractivity (Wildman–Crippen MR) is 68.9 cm³/mol. The number of hydrogen-bond donors (Lipinski definition) is 3. The first kappa shape index (κ1) is 21.4. The molecule has 0 heterocycles. The molecule has 10 nitrogen and oxygen atoms in total. The van der Waals surface area contributed by atoms with Gasteiger partial charge in [-0.3, -0.25) is 9.59 Å². The molecule has 0 aromatic rings. The molecule has 0 atom stereocenters. The molecule has 0 radical (unpaired) electrons. The Balaban J connectivity index is 0. The highest BCUT2D eigenvalue weighted by molar-refractivity contribution is 6.35. The fourth-order valence-corrected chi connectivity index (χ4v) is 0.776. The van der Waals surface area contributed by atoms with Crippen LogP contribution in [0.2, 0.25) is 0 Å². The predicted octanol–water partition coefficient (Wildman–Crippen LogP) is -0.331. The van der Waals surface area contributed by atoms with Crippen molar-refractivity contribution in [2.75, 3.05) is 13.2 Å². The number of aliphatic hydroxyl groups is 1. The zero-order valence-corrected chi connectivity index (χ0v) is 11.9. The lowest BCUT2D eigenvalue weighted by atomic mass is 10.3. The maximum atomic E-state index is 10.5. The second-order valence-electron chi connectivity index (χ2n) is 3.30. The summed E-state index contributed by atoms with van der Waals surface area (Å²) in [4.78, 5) is 51.0. The van der Waals surface area contributed by atoms with Crippen LogP contribution in [0.4, 0.5) is 0 Å². The van der Waals surface area contributed by atoms with Crippen LogP contribution in [0.5, 0.6) is 0 Å². The molecule has 10 heteroatoms. The van der Waals surface area contributed by atoms with Crippen molar-refractivity contribution in [1.29, 1.82) is 0 Å². The lowest BCUT2D eigenvalue weighted by Crippen LogP contribution is -2.18. The Morgan fingerprint density at radius 3 is 1.73 bits per heavy atom. The highest BCUT2D eigenvalue weighted by Gasteiger charge is 2.16. The Bertz CT molecular complexity index is 463. The first-order valence-corrected chi connectivity index (χ1v) is 5.88. The highest BCUT2D eigenvalue weighted by atomic mass is 16.5. The normalized spacial score (nSPS) is 9.82. The molecule has 0 amide bonds. The van der Waals surface area contributed by atoms with Gasteiger partial charge in [0, 0.05) is 0 Å². The van der Waals surface area contributed by atoms with E-state index in [1.165, 1.54) is 0 Å². The van der Waals surface area contributed by atoms with E-state index in [0.717, 1.165) is 0 Å². The molecular weight excluding hydrogens is 304 g/mol. The third kappa shape index (κ3) is 12.1. The summed E-state index contributed by atoms with van der Waals surface area (Å²) in [6, 6.07) is 0. The van der Waals surface area contributed by atoms with Gasteiger partial charge in [-0.15, -0.1) is 0 Å². The van der Waals surface area contributed by atoms with E-state index in [1.54, 1.807) is 13.8 Å². The average molecular weight is 320 g/mol. The fourth-order valence-electron chi connectivity index (χ4n) is 0.776. The van der Waals surface area contributed by atoms with Crippen molar-refractivity contribution in [3.8, 4) is 0 Å². The van der Waals surface area contributed by atoms with Crippen molar-refractivity contribution in [3.05, 3.63) is 11.8 Å². The van der Waals surface area contributed by atoms with E-state index >= 15 is 0 Å². The van der Waals surface area contributed by atoms with Crippen LogP contribution >= 0.6 is 0 Å². The maximum absolute atomic E-state index is 10.5. The number of Topliss-reactive ketones (excluding diaryl/α,β-unsaturated/α-hetero) is 1. The summed E-state index contributed by atoms with van der Waals surface area (Å²) in [6.45, 7) is 3.43. The van der Waals surface area contributed by atoms with E-state index < -0.39 is 41.8 Å². The number of carboxylic acid groups (broad SMARTS) is 2. The van der Waals surface area contributed by atoms with Crippen LogP contribution in [0.3, 0.4) is 0 Å². The molecule has 3 N–H and O–H groups in total. The number of ether oxygens (including phenoxy) is 2. The van der Waals surface area contributed by atoms with E-state index in [0.29, 0.717) is 6.08 Å². The standard InChI is InChI=1S/2C6H8O5/c2*1-2-11-5(8)3-4(7)6(9)10/h2-3H2,1H3,(H,9,10);3,7H,2H2,1H3,(H,9,10)/b;4-3-. The summed E-state index contributed by atoms with van der Waals surface area (Å²) in [5.41, 5.74) is 0. The van der Waals surface area contributed by atoms with E-state index in [4.69, 9.17) is 15.3 Å². The van der Waals surface area contributed by atoms with Gasteiger partial charge < -0.3 is 24.8 Å². The van der Waals surface area contributed by atoms with Crippen molar-refractivity contribution in [3.63, 3.8) is 0 Å². The summed E-state index contributed by atoms with van der Waals surface area (Å²) in [7, 11) is 0. The van der Waals surface area contributed by atoms with Crippen LogP contribution in [-0.4, -0.2) is 58.2 Å². The second-order valence-corrected chi connectivity index (χ2v) is 3.30. The minimum atomic E-state index is -1.61. The lowest BCUT2D eigenvalue weighted by Gasteiger charge is -1.96. The van der Waals surface area contributed by atoms with Crippen LogP contribution in [0, 0.1) is 0 Å². The van der Waals surface area contributed by atoms with Gasteiger partial charge in [-0.1, -0.05) is 0 Å². The number of hydrogen-bond acceptors (Lipinski definition) is 8. The van der Waals surface area contributed by atoms with E-state index in [1.807, 2.05) is 0 Å². The lowest BCUT2D eigenvalue weighted by molar-refractivity contribution is -0.154. The Hall–Kier alpha value is -2.91. The van der Waals surface area contributed by atoms with E-state index in [2.05, 4.69) is 9.47 Å². The molecule has 0 bridgehead atoms. The number of aliphatic carboxylic acids is 2. The molecule has 0 aromatic carbocycles. The van der Waals surface area contributed by atoms with Crippen LogP contribution < -0.4 is 0 Å². The van der Waals surface area contributed by atoms with Crippen molar-refractivity contribution in [2.24, 2.45) is 0 Å². The van der Waals surface area contributed by atoms with Crippen LogP contribution in [0.15, 0.2) is 11.8 Å². The van der Waals surface area contributed by atoms with E-state index in [9.17, 15) is 24.0 Å². The molecule has 0 saturated carbocycles. The molecule has 0 aliphatic rings. The average Bonchev–Trinajstić information content (AvgIpc) is 2.39. The molecule has 22 heavy (non-hydrogen) atoms. The van der Waals surface area contributed by atoms with Crippen molar-refractivity contribution in [1.82, 2.24) is 0 Å². The molecule has 124 valence electrons. The third-order valence-electron chi connectivity index (χ3n) is 1.61. The highest BCUT2D eigenvalue weighted by Crippen LogP contribution is 1.89. The molecular formula is C12H16O10. The van der Waals surface area contributed by atoms with Gasteiger partial charge >= 0.3 is 23.9 Å². The van der Waals surface area contributed by atoms with Crippen molar-refractivity contribution < 1.29 is 48.8 Å². The molecule has 0 aromatic heterocycles. The number of aliphatic hydroxyl groups excluding tert-OH is 1. The Morgan fingerprint density at radius 1 is 0.864 bits per heavy atom. The van der Waals surface area contributed by atoms with Crippen molar-refractivity contribution >= 4 is 29.7 Å². The minimum Gasteiger partial charge on any atom is -0.502 e. The van der Waals surface area contributed by atoms with Gasteiger partial charge in [0.2, 0.25) is 5.76 Å². The van der Waals surface area contributed by atoms with Crippen LogP contribution in [-0.2, 0) is 33.4 Å². The van der Waals surface area contributed by atoms with Gasteiger partial charge in [0.05, 0.1) is 19.3 Å². The monoisotopic (exact) mass is 320 g/mol. The molecule has 0 spiro atoms. The van der Waals surface area contributed by atoms with Crippen LogP contribution in [0.25, 0.3) is 0 Å². The largest absolute Gasteiger partial charge is 0.502 e. The maximum Gasteiger partial charge on any atom is 0.372 e. The summed E-state index contributed by atoms with van der Waals surface area (Å²) >= 11 is 0. The number of carbonyl (C=O) groups excluding carboxylic acids is 3. The van der Waals surface area contributed by atoms with Gasteiger partial charge in [0.1, 0.15) is 6.42 Å². The van der Waals surface area contributed by atoms with Gasteiger partial charge in [0.25, 0.3) is 5.78 Å². The van der Waals surface area contributed by atoms with E-state index in [-0.39, 0.29) is 13.2 Å². The van der Waals surface area contributed by atoms with Crippen molar-refractivity contribution in [2.45, 2.75) is 20.3 Å². The second kappa shape index (κ2) is 11.9. The summed E-state index contributed by atoms with van der Waals surface area (Å²) < 4.78 is 8.66. The molecule has 0 saturated heterocycles. The molecule has 0 unspecified atom stereocenters. The molecule has 0 aliphatic carbocycles. The first-order chi connectivity index (χ1) is 10.1. The van der Waals surface area contributed by atoms with Gasteiger partial charge in [-0.2, -0.15) is 0 Å². The zero-order valence-electron chi connectivity index (χ0n) is 11.9. The number of rotatable bonds is 7. The number of esters is 2. The minimum absolute atomic E-state index is 0.141. The molecule has 0 rings (SSSR count). The SMILES string of the molecule is CCOC(=O)/C=C(\O)C(=O)O.CCOC(=O)CC(=O)C(=O)O. The van der Waals surface area contributed by atoms with Gasteiger partial charge in [-0.25, -0.2) is 14.4 Å². The Kier molecular flexibility index (Phi) is 11.5. The smallest absolute Gasteiger partial charge is 0.372 e. The number of ketones is 1. The summed E-state index contributed by atoms with van der Waals surface area (Å²) in [5.74, 6) is -7.02. The Labute approximate surface area is 124 Å². The fraction of sp³-hybridized carbons (Fsp3) is 0.417. The first-order valence-electron chi connectivity index (χ1n) is 5.88. The quantitative estimate of drug-likeness (QED) is 0.186. The zero-order chi connectivity index (χ0) is 17.7. The number of carbonyl (C=O) groups is 5. The van der Waals surface area contributed by atoms with Gasteiger partial charge in [0.15, 0.2) is 0 Å². The Morgan fingerprint density at radius 2 is 1.36 bits per heavy atom. The topological polar surface area (TPSA) is 164 Å².